The number of hydrogen-bond acceptors (Lipinski definition) is 3. The number of hydrogen-bond donors (Lipinski definition) is 2. The summed E-state index contributed by atoms with van der Waals surface area (Å²) in [6, 6.07) is 0. The molecule has 0 aliphatic rings. The summed E-state index contributed by atoms with van der Waals surface area (Å²) >= 11 is 0. The maximum atomic E-state index is 11.2. The Morgan fingerprint density at radius 2 is 1.71 bits per heavy atom. The van der Waals surface area contributed by atoms with E-state index in [2.05, 4.69) is 19.2 Å². The lowest BCUT2D eigenvalue weighted by Gasteiger charge is -2.19. The number of unbranched alkanes of at least 4 members (excludes halogenated alkanes) is 5. The van der Waals surface area contributed by atoms with Crippen molar-refractivity contribution in [3.05, 3.63) is 13.8 Å². The van der Waals surface area contributed by atoms with Crippen LogP contribution in [0.25, 0.3) is 0 Å². The van der Waals surface area contributed by atoms with Gasteiger partial charge in [0.2, 0.25) is 0 Å². The van der Waals surface area contributed by atoms with Gasteiger partial charge in [-0.1, -0.05) is 25.7 Å². The summed E-state index contributed by atoms with van der Waals surface area (Å²) in [6.07, 6.45) is 5.65. The first-order valence-electron chi connectivity index (χ1n) is 6.22. The number of carbonyl (C=O) groups is 1. The van der Waals surface area contributed by atoms with E-state index in [9.17, 15) is 4.79 Å². The largest absolute Gasteiger partial charge is 0.450 e. The second kappa shape index (κ2) is 9.28. The van der Waals surface area contributed by atoms with Crippen molar-refractivity contribution < 1.29 is 14.6 Å². The summed E-state index contributed by atoms with van der Waals surface area (Å²) in [6.45, 7) is 9.72. The maximum Gasteiger partial charge on any atom is 0.407 e. The Kier molecular flexibility index (Phi) is 8.86. The zero-order valence-corrected chi connectivity index (χ0v) is 10.8. The third kappa shape index (κ3) is 13.2. The van der Waals surface area contributed by atoms with Crippen LogP contribution in [0, 0.1) is 13.8 Å². The van der Waals surface area contributed by atoms with E-state index in [1.54, 1.807) is 6.92 Å². The number of rotatable bonds is 9. The van der Waals surface area contributed by atoms with Crippen molar-refractivity contribution in [3.63, 3.8) is 0 Å². The smallest absolute Gasteiger partial charge is 0.407 e. The molecule has 2 radical (unpaired) electrons. The normalized spacial score (nSPS) is 11.3. The van der Waals surface area contributed by atoms with Crippen LogP contribution in [0.2, 0.25) is 0 Å². The minimum Gasteiger partial charge on any atom is -0.450 e. The van der Waals surface area contributed by atoms with Gasteiger partial charge in [0.05, 0.1) is 6.61 Å². The molecule has 0 aromatic rings. The van der Waals surface area contributed by atoms with E-state index in [0.29, 0.717) is 6.61 Å². The van der Waals surface area contributed by atoms with E-state index in [4.69, 9.17) is 9.84 Å². The number of nitrogens with one attached hydrogen (secondary N) is 1. The Bertz CT molecular complexity index is 199. The highest BCUT2D eigenvalue weighted by Crippen LogP contribution is 2.05. The molecule has 100 valence electrons. The van der Waals surface area contributed by atoms with Gasteiger partial charge >= 0.3 is 6.09 Å². The minimum absolute atomic E-state index is 0.276. The highest BCUT2D eigenvalue weighted by Gasteiger charge is 2.14. The van der Waals surface area contributed by atoms with Gasteiger partial charge in [0.15, 0.2) is 0 Å². The lowest BCUT2D eigenvalue weighted by molar-refractivity contribution is 0.139. The molecule has 1 amide bonds. The molecule has 0 spiro atoms. The van der Waals surface area contributed by atoms with E-state index < -0.39 is 11.6 Å². The van der Waals surface area contributed by atoms with E-state index in [-0.39, 0.29) is 6.61 Å². The predicted molar refractivity (Wildman–Crippen MR) is 68.4 cm³/mol. The fourth-order valence-corrected chi connectivity index (χ4v) is 1.37. The molecule has 4 nitrogen and oxygen atoms in total. The first-order chi connectivity index (χ1) is 7.95. The van der Waals surface area contributed by atoms with Gasteiger partial charge in [0, 0.05) is 12.1 Å². The molecule has 17 heavy (non-hydrogen) atoms. The van der Waals surface area contributed by atoms with Gasteiger partial charge < -0.3 is 15.2 Å². The summed E-state index contributed by atoms with van der Waals surface area (Å²) in [4.78, 5) is 11.2. The molecule has 2 N–H and O–H groups in total. The molecule has 0 heterocycles. The fraction of sp³-hybridized carbons (Fsp3) is 0.769. The number of ether oxygens (including phenoxy) is 1. The van der Waals surface area contributed by atoms with Crippen molar-refractivity contribution in [2.75, 3.05) is 13.2 Å². The lowest BCUT2D eigenvalue weighted by atomic mass is 10.1. The Morgan fingerprint density at radius 1 is 1.18 bits per heavy atom. The quantitative estimate of drug-likeness (QED) is 0.612. The van der Waals surface area contributed by atoms with E-state index >= 15 is 0 Å². The number of aliphatic hydroxyl groups excluding tert-OH is 1. The van der Waals surface area contributed by atoms with Crippen molar-refractivity contribution in [3.8, 4) is 0 Å². The minimum atomic E-state index is -0.735. The summed E-state index contributed by atoms with van der Waals surface area (Å²) in [7, 11) is 0. The third-order valence-corrected chi connectivity index (χ3v) is 2.19. The Balaban J connectivity index is 3.25. The van der Waals surface area contributed by atoms with E-state index in [0.717, 1.165) is 38.5 Å². The van der Waals surface area contributed by atoms with Crippen LogP contribution in [0.3, 0.4) is 0 Å². The van der Waals surface area contributed by atoms with Gasteiger partial charge in [0.25, 0.3) is 0 Å². The molecule has 4 heteroatoms. The van der Waals surface area contributed by atoms with Crippen LogP contribution in [0.1, 0.15) is 45.4 Å². The summed E-state index contributed by atoms with van der Waals surface area (Å²) in [5.74, 6) is 0. The molecular weight excluding hydrogens is 218 g/mol. The van der Waals surface area contributed by atoms with Gasteiger partial charge in [-0.05, 0) is 33.6 Å². The fourth-order valence-electron chi connectivity index (χ4n) is 1.37. The first-order valence-corrected chi connectivity index (χ1v) is 6.22. The average Bonchev–Trinajstić information content (AvgIpc) is 2.19. The summed E-state index contributed by atoms with van der Waals surface area (Å²) in [5.41, 5.74) is -0.735. The zero-order chi connectivity index (χ0) is 13.1. The lowest BCUT2D eigenvalue weighted by Crippen LogP contribution is -2.41. The molecule has 0 atom stereocenters. The monoisotopic (exact) mass is 243 g/mol. The molecular formula is C13H25NO3. The van der Waals surface area contributed by atoms with Gasteiger partial charge in [-0.2, -0.15) is 0 Å². The SMILES string of the molecule is [CH2]C([CH2])(C)NC(=O)OCCCCCCCCO. The molecule has 0 unspecified atom stereocenters. The Labute approximate surface area is 105 Å². The van der Waals surface area contributed by atoms with Crippen molar-refractivity contribution in [2.24, 2.45) is 0 Å². The first kappa shape index (κ1) is 16.2. The van der Waals surface area contributed by atoms with Crippen LogP contribution in [0.15, 0.2) is 0 Å². The van der Waals surface area contributed by atoms with Crippen molar-refractivity contribution >= 4 is 6.09 Å². The number of carbonyl (C=O) groups excluding carboxylic acids is 1. The van der Waals surface area contributed by atoms with Crippen molar-refractivity contribution in [2.45, 2.75) is 51.0 Å². The Morgan fingerprint density at radius 3 is 2.24 bits per heavy atom. The van der Waals surface area contributed by atoms with Gasteiger partial charge in [0.1, 0.15) is 0 Å². The molecule has 0 bridgehead atoms. The molecule has 0 aromatic carbocycles. The molecule has 0 aromatic heterocycles. The van der Waals surface area contributed by atoms with Crippen LogP contribution >= 0.6 is 0 Å². The van der Waals surface area contributed by atoms with Crippen molar-refractivity contribution in [1.29, 1.82) is 0 Å². The van der Waals surface area contributed by atoms with Gasteiger partial charge in [-0.3, -0.25) is 0 Å². The number of aliphatic hydroxyl groups is 1. The number of amides is 1. The molecule has 0 aliphatic carbocycles. The summed E-state index contributed by atoms with van der Waals surface area (Å²) in [5, 5.41) is 11.1. The maximum absolute atomic E-state index is 11.2. The summed E-state index contributed by atoms with van der Waals surface area (Å²) < 4.78 is 4.98. The van der Waals surface area contributed by atoms with Gasteiger partial charge in [-0.25, -0.2) is 4.79 Å². The predicted octanol–water partition coefficient (Wildman–Crippen LogP) is 2.47. The second-order valence-electron chi connectivity index (χ2n) is 4.67. The standard InChI is InChI=1S/C13H25NO3/c1-13(2,3)14-12(16)17-11-9-7-5-4-6-8-10-15/h15H,1-2,4-11H2,3H3,(H,14,16). The third-order valence-electron chi connectivity index (χ3n) is 2.19. The highest BCUT2D eigenvalue weighted by molar-refractivity contribution is 5.68. The Hall–Kier alpha value is -0.770. The van der Waals surface area contributed by atoms with Gasteiger partial charge in [-0.15, -0.1) is 0 Å². The molecule has 0 saturated heterocycles. The van der Waals surface area contributed by atoms with Crippen LogP contribution in [0.4, 0.5) is 4.79 Å². The van der Waals surface area contributed by atoms with Crippen LogP contribution in [-0.4, -0.2) is 30.0 Å². The highest BCUT2D eigenvalue weighted by atomic mass is 16.5. The molecule has 0 fully saturated rings. The van der Waals surface area contributed by atoms with E-state index in [1.165, 1.54) is 0 Å². The second-order valence-corrected chi connectivity index (χ2v) is 4.67. The van der Waals surface area contributed by atoms with E-state index in [1.807, 2.05) is 0 Å². The average molecular weight is 243 g/mol. The molecule has 0 rings (SSSR count). The van der Waals surface area contributed by atoms with Crippen molar-refractivity contribution in [1.82, 2.24) is 5.32 Å². The van der Waals surface area contributed by atoms with Crippen LogP contribution < -0.4 is 5.32 Å². The zero-order valence-electron chi connectivity index (χ0n) is 10.8. The molecule has 0 aliphatic heterocycles. The topological polar surface area (TPSA) is 58.6 Å². The number of alkyl carbamates (subject to hydrolysis) is 1. The van der Waals surface area contributed by atoms with Crippen LogP contribution in [0.5, 0.6) is 0 Å². The van der Waals surface area contributed by atoms with Crippen LogP contribution in [-0.2, 0) is 4.74 Å². The molecule has 0 saturated carbocycles.